The lowest BCUT2D eigenvalue weighted by molar-refractivity contribution is -0.0451. The molecule has 0 spiro atoms. The van der Waals surface area contributed by atoms with E-state index in [0.29, 0.717) is 25.2 Å². The maximum atomic E-state index is 9.86. The predicted molar refractivity (Wildman–Crippen MR) is 77.4 cm³/mol. The maximum Gasteiger partial charge on any atom is 0.0897 e. The summed E-state index contributed by atoms with van der Waals surface area (Å²) in [5.74, 6) is 0.642. The smallest absolute Gasteiger partial charge is 0.0897 e. The minimum atomic E-state index is -0.392. The van der Waals surface area contributed by atoms with E-state index in [9.17, 15) is 5.11 Å². The molecule has 1 rings (SSSR count). The molecule has 1 aliphatic carbocycles. The molecule has 1 saturated carbocycles. The van der Waals surface area contributed by atoms with Crippen LogP contribution in [0.5, 0.6) is 0 Å². The largest absolute Gasteiger partial charge is 0.389 e. The lowest BCUT2D eigenvalue weighted by atomic mass is 9.88. The van der Waals surface area contributed by atoms with Crippen LogP contribution in [0.25, 0.3) is 0 Å². The average molecular weight is 273 g/mol. The summed E-state index contributed by atoms with van der Waals surface area (Å²) >= 11 is 0. The highest BCUT2D eigenvalue weighted by atomic mass is 16.5. The molecular formula is C15H31NO3. The van der Waals surface area contributed by atoms with Crippen molar-refractivity contribution in [2.75, 3.05) is 33.4 Å². The van der Waals surface area contributed by atoms with Gasteiger partial charge >= 0.3 is 0 Å². The number of aliphatic hydroxyl groups excluding tert-OH is 1. The SMILES string of the molecule is COCCCCNCC(O)COC1CCCCC1C. The summed E-state index contributed by atoms with van der Waals surface area (Å²) in [4.78, 5) is 0. The number of rotatable bonds is 10. The van der Waals surface area contributed by atoms with Crippen molar-refractivity contribution in [3.8, 4) is 0 Å². The summed E-state index contributed by atoms with van der Waals surface area (Å²) in [7, 11) is 1.72. The minimum Gasteiger partial charge on any atom is -0.389 e. The Labute approximate surface area is 117 Å². The van der Waals surface area contributed by atoms with Gasteiger partial charge in [-0.2, -0.15) is 0 Å². The molecule has 1 aliphatic rings. The molecule has 114 valence electrons. The molecule has 19 heavy (non-hydrogen) atoms. The van der Waals surface area contributed by atoms with E-state index in [1.54, 1.807) is 7.11 Å². The Kier molecular flexibility index (Phi) is 9.43. The van der Waals surface area contributed by atoms with Crippen molar-refractivity contribution in [2.24, 2.45) is 5.92 Å². The molecule has 0 aromatic heterocycles. The molecular weight excluding hydrogens is 242 g/mol. The quantitative estimate of drug-likeness (QED) is 0.597. The van der Waals surface area contributed by atoms with Crippen molar-refractivity contribution in [3.63, 3.8) is 0 Å². The summed E-state index contributed by atoms with van der Waals surface area (Å²) < 4.78 is 10.8. The van der Waals surface area contributed by atoms with Gasteiger partial charge in [-0.3, -0.25) is 0 Å². The van der Waals surface area contributed by atoms with Crippen LogP contribution in [0, 0.1) is 5.92 Å². The van der Waals surface area contributed by atoms with Gasteiger partial charge in [0.15, 0.2) is 0 Å². The van der Waals surface area contributed by atoms with Crippen molar-refractivity contribution >= 4 is 0 Å². The molecule has 1 fully saturated rings. The lowest BCUT2D eigenvalue weighted by Gasteiger charge is -2.29. The summed E-state index contributed by atoms with van der Waals surface area (Å²) in [6.07, 6.45) is 7.12. The Morgan fingerprint density at radius 3 is 2.79 bits per heavy atom. The van der Waals surface area contributed by atoms with Gasteiger partial charge in [0.25, 0.3) is 0 Å². The van der Waals surface area contributed by atoms with Crippen molar-refractivity contribution in [3.05, 3.63) is 0 Å². The van der Waals surface area contributed by atoms with Crippen LogP contribution in [-0.2, 0) is 9.47 Å². The number of hydrogen-bond donors (Lipinski definition) is 2. The van der Waals surface area contributed by atoms with Crippen LogP contribution < -0.4 is 5.32 Å². The first-order chi connectivity index (χ1) is 9.24. The lowest BCUT2D eigenvalue weighted by Crippen LogP contribution is -2.34. The molecule has 0 aromatic carbocycles. The van der Waals surface area contributed by atoms with Gasteiger partial charge in [0.1, 0.15) is 0 Å². The number of aliphatic hydroxyl groups is 1. The molecule has 0 bridgehead atoms. The molecule has 3 atom stereocenters. The first kappa shape index (κ1) is 16.9. The van der Waals surface area contributed by atoms with Crippen molar-refractivity contribution in [1.82, 2.24) is 5.32 Å². The third-order valence-electron chi connectivity index (χ3n) is 3.87. The van der Waals surface area contributed by atoms with E-state index in [2.05, 4.69) is 12.2 Å². The van der Waals surface area contributed by atoms with E-state index in [4.69, 9.17) is 9.47 Å². The van der Waals surface area contributed by atoms with Gasteiger partial charge in [-0.05, 0) is 38.1 Å². The van der Waals surface area contributed by atoms with E-state index in [-0.39, 0.29) is 0 Å². The molecule has 0 aliphatic heterocycles. The minimum absolute atomic E-state index is 0.352. The molecule has 2 N–H and O–H groups in total. The van der Waals surface area contributed by atoms with Gasteiger partial charge in [0.2, 0.25) is 0 Å². The third-order valence-corrected chi connectivity index (χ3v) is 3.87. The zero-order valence-corrected chi connectivity index (χ0v) is 12.6. The molecule has 3 unspecified atom stereocenters. The Balaban J connectivity index is 1.96. The molecule has 0 amide bonds. The van der Waals surface area contributed by atoms with Crippen molar-refractivity contribution in [2.45, 2.75) is 57.7 Å². The Morgan fingerprint density at radius 1 is 1.26 bits per heavy atom. The average Bonchev–Trinajstić information content (AvgIpc) is 2.42. The zero-order chi connectivity index (χ0) is 13.9. The van der Waals surface area contributed by atoms with Gasteiger partial charge < -0.3 is 19.9 Å². The van der Waals surface area contributed by atoms with E-state index in [1.165, 1.54) is 19.3 Å². The van der Waals surface area contributed by atoms with Crippen LogP contribution in [-0.4, -0.2) is 50.7 Å². The topological polar surface area (TPSA) is 50.7 Å². The molecule has 4 nitrogen and oxygen atoms in total. The fraction of sp³-hybridized carbons (Fsp3) is 1.00. The number of unbranched alkanes of at least 4 members (excludes halogenated alkanes) is 1. The Hall–Kier alpha value is -0.160. The summed E-state index contributed by atoms with van der Waals surface area (Å²) in [5.41, 5.74) is 0. The van der Waals surface area contributed by atoms with E-state index >= 15 is 0 Å². The van der Waals surface area contributed by atoms with Gasteiger partial charge in [-0.15, -0.1) is 0 Å². The molecule has 4 heteroatoms. The number of nitrogens with one attached hydrogen (secondary N) is 1. The van der Waals surface area contributed by atoms with Crippen LogP contribution in [0.4, 0.5) is 0 Å². The fourth-order valence-electron chi connectivity index (χ4n) is 2.59. The monoisotopic (exact) mass is 273 g/mol. The Morgan fingerprint density at radius 2 is 2.05 bits per heavy atom. The van der Waals surface area contributed by atoms with Gasteiger partial charge in [0, 0.05) is 20.3 Å². The first-order valence-corrected chi connectivity index (χ1v) is 7.73. The van der Waals surface area contributed by atoms with Crippen LogP contribution in [0.15, 0.2) is 0 Å². The van der Waals surface area contributed by atoms with Crippen LogP contribution in [0.2, 0.25) is 0 Å². The fourth-order valence-corrected chi connectivity index (χ4v) is 2.59. The molecule has 0 aromatic rings. The zero-order valence-electron chi connectivity index (χ0n) is 12.6. The standard InChI is InChI=1S/C15H31NO3/c1-13-7-3-4-8-15(13)19-12-14(17)11-16-9-5-6-10-18-2/h13-17H,3-12H2,1-2H3. The predicted octanol–water partition coefficient (Wildman–Crippen LogP) is 1.96. The van der Waals surface area contributed by atoms with Gasteiger partial charge in [0.05, 0.1) is 18.8 Å². The van der Waals surface area contributed by atoms with E-state index < -0.39 is 6.10 Å². The Bertz CT molecular complexity index is 214. The normalized spacial score (nSPS) is 25.4. The highest BCUT2D eigenvalue weighted by Crippen LogP contribution is 2.26. The second kappa shape index (κ2) is 10.6. The second-order valence-corrected chi connectivity index (χ2v) is 5.69. The summed E-state index contributed by atoms with van der Waals surface area (Å²) in [6.45, 7) is 5.07. The first-order valence-electron chi connectivity index (χ1n) is 7.73. The molecule has 0 saturated heterocycles. The number of methoxy groups -OCH3 is 1. The maximum absolute atomic E-state index is 9.86. The van der Waals surface area contributed by atoms with E-state index in [1.807, 2.05) is 0 Å². The van der Waals surface area contributed by atoms with Crippen LogP contribution in [0.1, 0.15) is 45.4 Å². The van der Waals surface area contributed by atoms with Crippen LogP contribution >= 0.6 is 0 Å². The van der Waals surface area contributed by atoms with E-state index in [0.717, 1.165) is 32.4 Å². The number of ether oxygens (including phenoxy) is 2. The molecule has 0 radical (unpaired) electrons. The summed E-state index contributed by atoms with van der Waals surface area (Å²) in [5, 5.41) is 13.1. The highest BCUT2D eigenvalue weighted by Gasteiger charge is 2.22. The van der Waals surface area contributed by atoms with Crippen LogP contribution in [0.3, 0.4) is 0 Å². The number of hydrogen-bond acceptors (Lipinski definition) is 4. The second-order valence-electron chi connectivity index (χ2n) is 5.69. The van der Waals surface area contributed by atoms with Gasteiger partial charge in [-0.1, -0.05) is 19.8 Å². The third kappa shape index (κ3) is 7.88. The highest BCUT2D eigenvalue weighted by molar-refractivity contribution is 4.73. The molecule has 0 heterocycles. The summed E-state index contributed by atoms with van der Waals surface area (Å²) in [6, 6.07) is 0. The van der Waals surface area contributed by atoms with Crippen molar-refractivity contribution < 1.29 is 14.6 Å². The van der Waals surface area contributed by atoms with Gasteiger partial charge in [-0.25, -0.2) is 0 Å². The van der Waals surface area contributed by atoms with Crippen molar-refractivity contribution in [1.29, 1.82) is 0 Å².